The summed E-state index contributed by atoms with van der Waals surface area (Å²) in [6.07, 6.45) is 0.941. The number of benzene rings is 1. The Kier molecular flexibility index (Phi) is 4.72. The predicted octanol–water partition coefficient (Wildman–Crippen LogP) is 2.33. The van der Waals surface area contributed by atoms with Gasteiger partial charge in [-0.3, -0.25) is 0 Å². The lowest BCUT2D eigenvalue weighted by Gasteiger charge is -2.17. The Labute approximate surface area is 104 Å². The van der Waals surface area contributed by atoms with Gasteiger partial charge in [-0.25, -0.2) is 4.79 Å². The van der Waals surface area contributed by atoms with Crippen LogP contribution in [0.15, 0.2) is 34.7 Å². The van der Waals surface area contributed by atoms with Gasteiger partial charge in [0, 0.05) is 0 Å². The third-order valence-electron chi connectivity index (χ3n) is 1.83. The summed E-state index contributed by atoms with van der Waals surface area (Å²) in [5.41, 5.74) is 0.431. The molecule has 0 aliphatic carbocycles. The van der Waals surface area contributed by atoms with Crippen LogP contribution in [-0.2, 0) is 16.1 Å². The molecule has 5 heteroatoms. The van der Waals surface area contributed by atoms with Crippen molar-refractivity contribution in [2.45, 2.75) is 25.5 Å². The average molecular weight is 253 g/mol. The van der Waals surface area contributed by atoms with Gasteiger partial charge in [0.25, 0.3) is 0 Å². The van der Waals surface area contributed by atoms with Crippen molar-refractivity contribution in [2.75, 3.05) is 0 Å². The molecule has 0 radical (unpaired) electrons. The normalized spacial score (nSPS) is 13.6. The number of nitrogens with zero attached hydrogens (tertiary/aromatic N) is 1. The molecule has 0 N–H and O–H groups in total. The molecule has 0 aliphatic heterocycles. The first-order chi connectivity index (χ1) is 7.91. The molecule has 1 atom stereocenters. The van der Waals surface area contributed by atoms with Gasteiger partial charge in [-0.05, 0) is 37.3 Å². The van der Waals surface area contributed by atoms with E-state index >= 15 is 0 Å². The second-order valence-corrected chi connectivity index (χ2v) is 6.28. The van der Waals surface area contributed by atoms with Gasteiger partial charge < -0.3 is 9.29 Å². The minimum atomic E-state index is -1.42. The monoisotopic (exact) mass is 253 g/mol. The number of rotatable bonds is 3. The fraction of sp³-hybridized carbons (Fsp3) is 0.333. The summed E-state index contributed by atoms with van der Waals surface area (Å²) in [5, 5.41) is 0. The maximum absolute atomic E-state index is 11.5. The van der Waals surface area contributed by atoms with Gasteiger partial charge in [-0.15, -0.1) is 0 Å². The number of ether oxygens (including phenoxy) is 1. The lowest BCUT2D eigenvalue weighted by molar-refractivity contribution is 0.0728. The molecule has 0 aliphatic rings. The number of carbonyl (C=O) groups excluding carboxylic acids is 1. The minimum Gasteiger partial charge on any atom is -0.591 e. The van der Waals surface area contributed by atoms with E-state index < -0.39 is 22.1 Å². The number of hydrogen-bond acceptors (Lipinski definition) is 4. The quantitative estimate of drug-likeness (QED) is 0.359. The molecule has 0 unspecified atom stereocenters. The summed E-state index contributed by atoms with van der Waals surface area (Å²) in [5.74, 6) is -0.514. The zero-order valence-electron chi connectivity index (χ0n) is 10.0. The Morgan fingerprint density at radius 3 is 2.47 bits per heavy atom. The van der Waals surface area contributed by atoms with Gasteiger partial charge in [0.05, 0.1) is 5.56 Å². The molecular formula is C12H15NO3S. The lowest BCUT2D eigenvalue weighted by Crippen LogP contribution is -2.26. The van der Waals surface area contributed by atoms with Crippen LogP contribution >= 0.6 is 0 Å². The van der Waals surface area contributed by atoms with Crippen molar-refractivity contribution >= 4 is 23.7 Å². The van der Waals surface area contributed by atoms with Crippen LogP contribution in [0.4, 0.5) is 0 Å². The Bertz CT molecular complexity index is 398. The van der Waals surface area contributed by atoms with Gasteiger partial charge >= 0.3 is 5.97 Å². The highest BCUT2D eigenvalue weighted by Crippen LogP contribution is 2.16. The van der Waals surface area contributed by atoms with Crippen LogP contribution in [0.25, 0.3) is 0 Å². The molecule has 0 aromatic heterocycles. The molecule has 4 nitrogen and oxygen atoms in total. The first-order valence-electron chi connectivity index (χ1n) is 5.12. The van der Waals surface area contributed by atoms with E-state index in [1.807, 2.05) is 0 Å². The molecule has 1 aromatic rings. The van der Waals surface area contributed by atoms with Crippen molar-refractivity contribution in [1.82, 2.24) is 0 Å². The highest BCUT2D eigenvalue weighted by molar-refractivity contribution is 7.91. The number of hydrogen-bond donors (Lipinski definition) is 0. The van der Waals surface area contributed by atoms with Gasteiger partial charge in [-0.2, -0.15) is 0 Å². The molecule has 1 rings (SSSR count). The van der Waals surface area contributed by atoms with Crippen LogP contribution in [-0.4, -0.2) is 21.7 Å². The van der Waals surface area contributed by atoms with Crippen LogP contribution in [0.3, 0.4) is 0 Å². The van der Waals surface area contributed by atoms with Crippen molar-refractivity contribution in [2.24, 2.45) is 4.40 Å². The summed E-state index contributed by atoms with van der Waals surface area (Å²) < 4.78 is 19.5. The molecule has 0 fully saturated rings. The summed E-state index contributed by atoms with van der Waals surface area (Å²) in [4.78, 5) is 11.5. The van der Waals surface area contributed by atoms with Gasteiger partial charge in [0.15, 0.2) is 0 Å². The van der Waals surface area contributed by atoms with Crippen molar-refractivity contribution in [3.8, 4) is 0 Å². The Hall–Kier alpha value is -1.33. The molecule has 92 valence electrons. The Morgan fingerprint density at radius 1 is 1.35 bits per heavy atom. The molecular weight excluding hydrogens is 238 g/mol. The van der Waals surface area contributed by atoms with Crippen molar-refractivity contribution < 1.29 is 14.1 Å². The molecule has 0 heterocycles. The topological polar surface area (TPSA) is 61.7 Å². The minimum absolute atomic E-state index is 0.431. The third-order valence-corrected chi connectivity index (χ3v) is 3.16. The van der Waals surface area contributed by atoms with E-state index in [-0.39, 0.29) is 0 Å². The molecule has 1 aromatic carbocycles. The summed E-state index contributed by atoms with van der Waals surface area (Å²) in [6.45, 7) is 5.37. The van der Waals surface area contributed by atoms with Crippen LogP contribution in [0.2, 0.25) is 0 Å². The van der Waals surface area contributed by atoms with E-state index in [9.17, 15) is 9.35 Å². The molecule has 0 spiro atoms. The zero-order chi connectivity index (χ0) is 12.9. The molecule has 17 heavy (non-hydrogen) atoms. The Balaban J connectivity index is 2.52. The van der Waals surface area contributed by atoms with Crippen molar-refractivity contribution in [3.63, 3.8) is 0 Å². The fourth-order valence-corrected chi connectivity index (χ4v) is 1.35. The summed E-state index contributed by atoms with van der Waals surface area (Å²) in [6, 6.07) is 8.55. The Morgan fingerprint density at radius 2 is 1.94 bits per heavy atom. The van der Waals surface area contributed by atoms with Crippen molar-refractivity contribution in [1.29, 1.82) is 0 Å². The molecule has 0 amide bonds. The van der Waals surface area contributed by atoms with Crippen LogP contribution < -0.4 is 0 Å². The van der Waals surface area contributed by atoms with E-state index in [0.717, 1.165) is 6.40 Å². The molecule has 0 saturated heterocycles. The van der Waals surface area contributed by atoms with Gasteiger partial charge in [0.2, 0.25) is 6.40 Å². The maximum atomic E-state index is 11.5. The standard InChI is InChI=1S/C12H15NO3S/c1-12(2,3)17(15)13-9-16-11(14)10-7-5-4-6-8-10/h4-9H,1-3H3/b13-9+/t17-/m1/s1. The number of carbonyl (C=O) groups is 1. The van der Waals surface area contributed by atoms with Gasteiger partial charge in [0.1, 0.15) is 16.1 Å². The fourth-order valence-electron chi connectivity index (χ4n) is 0.909. The van der Waals surface area contributed by atoms with Crippen molar-refractivity contribution in [3.05, 3.63) is 35.9 Å². The predicted molar refractivity (Wildman–Crippen MR) is 68.2 cm³/mol. The van der Waals surface area contributed by atoms with Gasteiger partial charge in [-0.1, -0.05) is 18.2 Å². The van der Waals surface area contributed by atoms with E-state index in [1.165, 1.54) is 0 Å². The smallest absolute Gasteiger partial charge is 0.344 e. The highest BCUT2D eigenvalue weighted by atomic mass is 32.2. The maximum Gasteiger partial charge on any atom is 0.344 e. The van der Waals surface area contributed by atoms with E-state index in [2.05, 4.69) is 4.40 Å². The largest absolute Gasteiger partial charge is 0.591 e. The van der Waals surface area contributed by atoms with Crippen LogP contribution in [0.1, 0.15) is 31.1 Å². The first kappa shape index (κ1) is 13.7. The van der Waals surface area contributed by atoms with E-state index in [4.69, 9.17) is 4.74 Å². The number of esters is 1. The second-order valence-electron chi connectivity index (χ2n) is 4.34. The first-order valence-corrected chi connectivity index (χ1v) is 6.22. The highest BCUT2D eigenvalue weighted by Gasteiger charge is 2.26. The van der Waals surface area contributed by atoms with E-state index in [1.54, 1.807) is 51.1 Å². The summed E-state index contributed by atoms with van der Waals surface area (Å²) >= 11 is -1.42. The second kappa shape index (κ2) is 5.84. The average Bonchev–Trinajstić information content (AvgIpc) is 2.28. The van der Waals surface area contributed by atoms with E-state index in [0.29, 0.717) is 5.56 Å². The van der Waals surface area contributed by atoms with Crippen LogP contribution in [0, 0.1) is 0 Å². The van der Waals surface area contributed by atoms with Crippen LogP contribution in [0.5, 0.6) is 0 Å². The summed E-state index contributed by atoms with van der Waals surface area (Å²) in [7, 11) is 0. The molecule has 0 bridgehead atoms. The SMILES string of the molecule is CC(C)(C)[S@@+]([O-])/N=C/OC(=O)c1ccccc1. The lowest BCUT2D eigenvalue weighted by atomic mass is 10.2. The third kappa shape index (κ3) is 4.58. The molecule has 0 saturated carbocycles. The zero-order valence-corrected chi connectivity index (χ0v) is 10.9.